The Labute approximate surface area is 106 Å². The van der Waals surface area contributed by atoms with E-state index in [1.165, 1.54) is 11.3 Å². The Balaban J connectivity index is 2.45. The summed E-state index contributed by atoms with van der Waals surface area (Å²) in [5.41, 5.74) is 6.05. The fourth-order valence-electron chi connectivity index (χ4n) is 1.16. The molecule has 0 saturated carbocycles. The second-order valence-electron chi connectivity index (χ2n) is 4.47. The highest BCUT2D eigenvalue weighted by molar-refractivity contribution is 7.14. The number of methoxy groups -OCH3 is 1. The zero-order chi connectivity index (χ0) is 13.1. The predicted molar refractivity (Wildman–Crippen MR) is 69.5 cm³/mol. The molecule has 0 aliphatic carbocycles. The highest BCUT2D eigenvalue weighted by Gasteiger charge is 2.18. The lowest BCUT2D eigenvalue weighted by Gasteiger charge is -2.22. The maximum atomic E-state index is 11.7. The number of thiophene rings is 1. The number of ether oxygens (including phenoxy) is 2. The number of hydrogen-bond acceptors (Lipinski definition) is 5. The van der Waals surface area contributed by atoms with Crippen LogP contribution in [-0.2, 0) is 9.47 Å². The molecule has 0 spiro atoms. The molecular weight excluding hydrogens is 238 g/mol. The predicted octanol–water partition coefficient (Wildman–Crippen LogP) is 2.61. The van der Waals surface area contributed by atoms with E-state index in [9.17, 15) is 4.79 Å². The molecule has 0 bridgehead atoms. The summed E-state index contributed by atoms with van der Waals surface area (Å²) < 4.78 is 10.4. The normalized spacial score (nSPS) is 11.5. The molecule has 0 radical (unpaired) electrons. The van der Waals surface area contributed by atoms with Gasteiger partial charge < -0.3 is 15.2 Å². The van der Waals surface area contributed by atoms with Gasteiger partial charge in [0, 0.05) is 24.1 Å². The Morgan fingerprint density at radius 1 is 1.53 bits per heavy atom. The summed E-state index contributed by atoms with van der Waals surface area (Å²) in [6.45, 7) is 6.13. The van der Waals surface area contributed by atoms with Crippen LogP contribution in [0.3, 0.4) is 0 Å². The van der Waals surface area contributed by atoms with Crippen molar-refractivity contribution in [3.63, 3.8) is 0 Å². The van der Waals surface area contributed by atoms with E-state index in [0.29, 0.717) is 23.6 Å². The summed E-state index contributed by atoms with van der Waals surface area (Å²) in [6.07, 6.45) is 0.662. The van der Waals surface area contributed by atoms with Crippen LogP contribution in [0.4, 0.5) is 5.69 Å². The van der Waals surface area contributed by atoms with Crippen molar-refractivity contribution in [3.8, 4) is 0 Å². The number of nitrogens with two attached hydrogens (primary N) is 1. The fourth-order valence-corrected chi connectivity index (χ4v) is 1.99. The number of anilines is 1. The lowest BCUT2D eigenvalue weighted by atomic mass is 10.1. The van der Waals surface area contributed by atoms with Gasteiger partial charge in [-0.15, -0.1) is 11.3 Å². The van der Waals surface area contributed by atoms with Gasteiger partial charge in [0.15, 0.2) is 0 Å². The van der Waals surface area contributed by atoms with E-state index in [2.05, 4.69) is 0 Å². The van der Waals surface area contributed by atoms with Gasteiger partial charge in [0.05, 0.1) is 12.2 Å². The standard InChI is InChI=1S/C12H19NO3S/c1-8-9(13)7-10(17-8)11(14)16-6-5-12(2,3)15-4/h7H,5-6,13H2,1-4H3. The molecular formula is C12H19NO3S. The molecule has 0 unspecified atom stereocenters. The lowest BCUT2D eigenvalue weighted by molar-refractivity contribution is -0.00548. The van der Waals surface area contributed by atoms with Crippen LogP contribution in [0.2, 0.25) is 0 Å². The van der Waals surface area contributed by atoms with Gasteiger partial charge in [-0.3, -0.25) is 0 Å². The van der Waals surface area contributed by atoms with Crippen LogP contribution in [0.5, 0.6) is 0 Å². The van der Waals surface area contributed by atoms with Crippen molar-refractivity contribution < 1.29 is 14.3 Å². The summed E-state index contributed by atoms with van der Waals surface area (Å²) >= 11 is 1.36. The first kappa shape index (κ1) is 14.0. The van der Waals surface area contributed by atoms with Crippen molar-refractivity contribution >= 4 is 23.0 Å². The number of nitrogen functional groups attached to an aromatic ring is 1. The molecule has 96 valence electrons. The molecule has 1 rings (SSSR count). The van der Waals surface area contributed by atoms with E-state index in [-0.39, 0.29) is 11.6 Å². The van der Waals surface area contributed by atoms with Gasteiger partial charge in [-0.25, -0.2) is 4.79 Å². The highest BCUT2D eigenvalue weighted by Crippen LogP contribution is 2.24. The van der Waals surface area contributed by atoms with Gasteiger partial charge in [-0.1, -0.05) is 0 Å². The zero-order valence-electron chi connectivity index (χ0n) is 10.7. The Morgan fingerprint density at radius 2 is 2.18 bits per heavy atom. The molecule has 17 heavy (non-hydrogen) atoms. The summed E-state index contributed by atoms with van der Waals surface area (Å²) in [6, 6.07) is 1.66. The first-order chi connectivity index (χ1) is 7.85. The Bertz CT molecular complexity index is 379. The van der Waals surface area contributed by atoms with Crippen molar-refractivity contribution in [1.29, 1.82) is 0 Å². The SMILES string of the molecule is COC(C)(C)CCOC(=O)c1cc(N)c(C)s1. The monoisotopic (exact) mass is 257 g/mol. The van der Waals surface area contributed by atoms with Crippen molar-refractivity contribution in [2.75, 3.05) is 19.5 Å². The average molecular weight is 257 g/mol. The lowest BCUT2D eigenvalue weighted by Crippen LogP contribution is -2.25. The van der Waals surface area contributed by atoms with Crippen molar-refractivity contribution in [3.05, 3.63) is 15.8 Å². The molecule has 0 saturated heterocycles. The van der Waals surface area contributed by atoms with E-state index < -0.39 is 0 Å². The van der Waals surface area contributed by atoms with Crippen LogP contribution in [0, 0.1) is 6.92 Å². The first-order valence-corrected chi connectivity index (χ1v) is 6.25. The van der Waals surface area contributed by atoms with Crippen molar-refractivity contribution in [1.82, 2.24) is 0 Å². The van der Waals surface area contributed by atoms with Crippen molar-refractivity contribution in [2.45, 2.75) is 32.8 Å². The minimum absolute atomic E-state index is 0.273. The molecule has 1 heterocycles. The molecule has 4 nitrogen and oxygen atoms in total. The van der Waals surface area contributed by atoms with Gasteiger partial charge in [0.2, 0.25) is 0 Å². The highest BCUT2D eigenvalue weighted by atomic mass is 32.1. The third-order valence-electron chi connectivity index (χ3n) is 2.65. The van der Waals surface area contributed by atoms with Crippen LogP contribution in [0.15, 0.2) is 6.07 Å². The van der Waals surface area contributed by atoms with Crippen LogP contribution in [0.1, 0.15) is 34.8 Å². The number of carbonyl (C=O) groups is 1. The maximum Gasteiger partial charge on any atom is 0.348 e. The van der Waals surface area contributed by atoms with Crippen LogP contribution < -0.4 is 5.73 Å². The molecule has 0 atom stereocenters. The van der Waals surface area contributed by atoms with E-state index in [0.717, 1.165) is 4.88 Å². The Hall–Kier alpha value is -1.07. The summed E-state index contributed by atoms with van der Waals surface area (Å²) in [5, 5.41) is 0. The molecule has 1 aromatic rings. The van der Waals surface area contributed by atoms with Gasteiger partial charge in [0.1, 0.15) is 4.88 Å². The summed E-state index contributed by atoms with van der Waals surface area (Å²) in [4.78, 5) is 13.2. The Morgan fingerprint density at radius 3 is 2.65 bits per heavy atom. The van der Waals surface area contributed by atoms with E-state index in [1.807, 2.05) is 20.8 Å². The minimum atomic E-state index is -0.318. The molecule has 5 heteroatoms. The van der Waals surface area contributed by atoms with Gasteiger partial charge in [-0.2, -0.15) is 0 Å². The average Bonchev–Trinajstić information content (AvgIpc) is 2.59. The third-order valence-corrected chi connectivity index (χ3v) is 3.69. The van der Waals surface area contributed by atoms with E-state index in [4.69, 9.17) is 15.2 Å². The Kier molecular flexibility index (Phi) is 4.54. The quantitative estimate of drug-likeness (QED) is 0.824. The molecule has 0 aliphatic rings. The molecule has 2 N–H and O–H groups in total. The third kappa shape index (κ3) is 4.02. The molecule has 0 aliphatic heterocycles. The fraction of sp³-hybridized carbons (Fsp3) is 0.583. The zero-order valence-corrected chi connectivity index (χ0v) is 11.5. The molecule has 0 amide bonds. The number of aryl methyl sites for hydroxylation is 1. The number of esters is 1. The van der Waals surface area contributed by atoms with Crippen LogP contribution in [0.25, 0.3) is 0 Å². The van der Waals surface area contributed by atoms with Gasteiger partial charge >= 0.3 is 5.97 Å². The number of hydrogen-bond donors (Lipinski definition) is 1. The largest absolute Gasteiger partial charge is 0.461 e. The van der Waals surface area contributed by atoms with Gasteiger partial charge in [-0.05, 0) is 26.8 Å². The number of carbonyl (C=O) groups excluding carboxylic acids is 1. The number of rotatable bonds is 5. The smallest absolute Gasteiger partial charge is 0.348 e. The topological polar surface area (TPSA) is 61.5 Å². The van der Waals surface area contributed by atoms with Crippen LogP contribution >= 0.6 is 11.3 Å². The second-order valence-corrected chi connectivity index (χ2v) is 5.73. The van der Waals surface area contributed by atoms with E-state index >= 15 is 0 Å². The summed E-state index contributed by atoms with van der Waals surface area (Å²) in [5.74, 6) is -0.318. The second kappa shape index (κ2) is 5.51. The van der Waals surface area contributed by atoms with Gasteiger partial charge in [0.25, 0.3) is 0 Å². The minimum Gasteiger partial charge on any atom is -0.461 e. The molecule has 1 aromatic heterocycles. The molecule has 0 aromatic carbocycles. The van der Waals surface area contributed by atoms with Crippen LogP contribution in [-0.4, -0.2) is 25.3 Å². The maximum absolute atomic E-state index is 11.7. The summed E-state index contributed by atoms with van der Waals surface area (Å²) in [7, 11) is 1.64. The van der Waals surface area contributed by atoms with E-state index in [1.54, 1.807) is 13.2 Å². The molecule has 0 fully saturated rings. The first-order valence-electron chi connectivity index (χ1n) is 5.44. The van der Waals surface area contributed by atoms with Crippen molar-refractivity contribution in [2.24, 2.45) is 0 Å².